The number of rotatable bonds is 5. The van der Waals surface area contributed by atoms with Gasteiger partial charge in [-0.25, -0.2) is 0 Å². The predicted molar refractivity (Wildman–Crippen MR) is 70.5 cm³/mol. The fraction of sp³-hybridized carbons (Fsp3) is 0.571. The maximum absolute atomic E-state index is 5.28. The number of hydrogen-bond donors (Lipinski definition) is 1. The average Bonchev–Trinajstić information content (AvgIpc) is 2.89. The highest BCUT2D eigenvalue weighted by Gasteiger charge is 2.17. The predicted octanol–water partition coefficient (Wildman–Crippen LogP) is 2.05. The molecular formula is C14H22N2O. The molecule has 2 rings (SSSR count). The molecule has 0 aliphatic carbocycles. The van der Waals surface area contributed by atoms with Gasteiger partial charge in [0.2, 0.25) is 0 Å². The number of likely N-dealkylation sites (tertiary alicyclic amines) is 1. The first-order valence-corrected chi connectivity index (χ1v) is 6.37. The fourth-order valence-electron chi connectivity index (χ4n) is 2.45. The van der Waals surface area contributed by atoms with E-state index in [2.05, 4.69) is 28.4 Å². The summed E-state index contributed by atoms with van der Waals surface area (Å²) in [5, 5.41) is 3.40. The van der Waals surface area contributed by atoms with Crippen LogP contribution in [0, 0.1) is 0 Å². The Morgan fingerprint density at radius 2 is 2.12 bits per heavy atom. The third-order valence-electron chi connectivity index (χ3n) is 3.48. The summed E-state index contributed by atoms with van der Waals surface area (Å²) >= 11 is 0. The Hall–Kier alpha value is -1.06. The maximum atomic E-state index is 5.28. The quantitative estimate of drug-likeness (QED) is 0.844. The van der Waals surface area contributed by atoms with E-state index in [1.807, 2.05) is 13.1 Å². The van der Waals surface area contributed by atoms with E-state index in [9.17, 15) is 0 Å². The number of nitrogens with one attached hydrogen (secondary N) is 1. The summed E-state index contributed by atoms with van der Waals surface area (Å²) in [5.74, 6) is 0.934. The van der Waals surface area contributed by atoms with Crippen LogP contribution in [0.4, 0.5) is 0 Å². The lowest BCUT2D eigenvalue weighted by Crippen LogP contribution is -2.31. The number of nitrogens with zero attached hydrogens (tertiary/aromatic N) is 1. The summed E-state index contributed by atoms with van der Waals surface area (Å²) in [7, 11) is 3.74. The van der Waals surface area contributed by atoms with Gasteiger partial charge in [0.1, 0.15) is 5.75 Å². The minimum Gasteiger partial charge on any atom is -0.497 e. The van der Waals surface area contributed by atoms with Crippen molar-refractivity contribution in [1.29, 1.82) is 0 Å². The number of hydrogen-bond acceptors (Lipinski definition) is 3. The molecule has 94 valence electrons. The molecule has 3 heteroatoms. The Bertz CT molecular complexity index is 348. The highest BCUT2D eigenvalue weighted by molar-refractivity contribution is 5.30. The number of likely N-dealkylation sites (N-methyl/N-ethyl adjacent to an activating group) is 1. The third-order valence-corrected chi connectivity index (χ3v) is 3.48. The van der Waals surface area contributed by atoms with E-state index in [4.69, 9.17) is 4.74 Å². The van der Waals surface area contributed by atoms with Gasteiger partial charge < -0.3 is 15.0 Å². The standard InChI is InChI=1S/C14H22N2O/c1-15-14(11-16-8-3-4-9-16)12-6-5-7-13(10-12)17-2/h5-7,10,14-15H,3-4,8-9,11H2,1-2H3. The number of methoxy groups -OCH3 is 1. The van der Waals surface area contributed by atoms with Crippen molar-refractivity contribution in [2.24, 2.45) is 0 Å². The zero-order valence-corrected chi connectivity index (χ0v) is 10.8. The van der Waals surface area contributed by atoms with Gasteiger partial charge in [0.05, 0.1) is 7.11 Å². The highest BCUT2D eigenvalue weighted by atomic mass is 16.5. The molecule has 1 saturated heterocycles. The van der Waals surface area contributed by atoms with Crippen molar-refractivity contribution in [1.82, 2.24) is 10.2 Å². The summed E-state index contributed by atoms with van der Waals surface area (Å²) in [4.78, 5) is 2.53. The molecule has 1 aliphatic rings. The minimum absolute atomic E-state index is 0.392. The lowest BCUT2D eigenvalue weighted by molar-refractivity contribution is 0.299. The van der Waals surface area contributed by atoms with Crippen LogP contribution in [-0.4, -0.2) is 38.7 Å². The number of ether oxygens (including phenoxy) is 1. The summed E-state index contributed by atoms with van der Waals surface area (Å²) < 4.78 is 5.28. The summed E-state index contributed by atoms with van der Waals surface area (Å²) in [6.07, 6.45) is 2.68. The van der Waals surface area contributed by atoms with Gasteiger partial charge in [-0.05, 0) is 50.7 Å². The van der Waals surface area contributed by atoms with Gasteiger partial charge in [-0.2, -0.15) is 0 Å². The van der Waals surface area contributed by atoms with Crippen LogP contribution in [0.5, 0.6) is 5.75 Å². The normalized spacial score (nSPS) is 18.2. The highest BCUT2D eigenvalue weighted by Crippen LogP contribution is 2.21. The molecular weight excluding hydrogens is 212 g/mol. The van der Waals surface area contributed by atoms with Crippen LogP contribution in [0.15, 0.2) is 24.3 Å². The fourth-order valence-corrected chi connectivity index (χ4v) is 2.45. The molecule has 1 heterocycles. The van der Waals surface area contributed by atoms with Gasteiger partial charge in [-0.3, -0.25) is 0 Å². The van der Waals surface area contributed by atoms with E-state index < -0.39 is 0 Å². The summed E-state index contributed by atoms with van der Waals surface area (Å²) in [6.45, 7) is 3.56. The molecule has 0 spiro atoms. The molecule has 1 aromatic carbocycles. The van der Waals surface area contributed by atoms with Crippen molar-refractivity contribution in [3.63, 3.8) is 0 Å². The number of benzene rings is 1. The molecule has 0 aromatic heterocycles. The molecule has 1 unspecified atom stereocenters. The molecule has 1 N–H and O–H groups in total. The first-order chi connectivity index (χ1) is 8.33. The molecule has 0 bridgehead atoms. The van der Waals surface area contributed by atoms with Crippen molar-refractivity contribution < 1.29 is 4.74 Å². The Kier molecular flexibility index (Phi) is 4.40. The SMILES string of the molecule is CNC(CN1CCCC1)c1cccc(OC)c1. The average molecular weight is 234 g/mol. The summed E-state index contributed by atoms with van der Waals surface area (Å²) in [5.41, 5.74) is 1.30. The molecule has 0 radical (unpaired) electrons. The Morgan fingerprint density at radius 3 is 2.76 bits per heavy atom. The first kappa shape index (κ1) is 12.4. The van der Waals surface area contributed by atoms with Crippen LogP contribution in [0.3, 0.4) is 0 Å². The van der Waals surface area contributed by atoms with E-state index in [0.717, 1.165) is 12.3 Å². The Balaban J connectivity index is 2.04. The maximum Gasteiger partial charge on any atom is 0.119 e. The lowest BCUT2D eigenvalue weighted by Gasteiger charge is -2.23. The largest absolute Gasteiger partial charge is 0.497 e. The second-order valence-corrected chi connectivity index (χ2v) is 4.63. The second-order valence-electron chi connectivity index (χ2n) is 4.63. The minimum atomic E-state index is 0.392. The van der Waals surface area contributed by atoms with Gasteiger partial charge in [0.25, 0.3) is 0 Å². The zero-order chi connectivity index (χ0) is 12.1. The van der Waals surface area contributed by atoms with Gasteiger partial charge in [-0.1, -0.05) is 12.1 Å². The smallest absolute Gasteiger partial charge is 0.119 e. The monoisotopic (exact) mass is 234 g/mol. The Labute approximate surface area is 104 Å². The van der Waals surface area contributed by atoms with Gasteiger partial charge in [0, 0.05) is 12.6 Å². The van der Waals surface area contributed by atoms with E-state index >= 15 is 0 Å². The Morgan fingerprint density at radius 1 is 1.35 bits per heavy atom. The molecule has 0 amide bonds. The van der Waals surface area contributed by atoms with Gasteiger partial charge in [-0.15, -0.1) is 0 Å². The molecule has 1 atom stereocenters. The van der Waals surface area contributed by atoms with Crippen LogP contribution in [-0.2, 0) is 0 Å². The van der Waals surface area contributed by atoms with E-state index in [1.54, 1.807) is 7.11 Å². The lowest BCUT2D eigenvalue weighted by atomic mass is 10.1. The van der Waals surface area contributed by atoms with Gasteiger partial charge in [0.15, 0.2) is 0 Å². The van der Waals surface area contributed by atoms with Crippen LogP contribution in [0.1, 0.15) is 24.4 Å². The zero-order valence-electron chi connectivity index (χ0n) is 10.8. The molecule has 3 nitrogen and oxygen atoms in total. The first-order valence-electron chi connectivity index (χ1n) is 6.37. The van der Waals surface area contributed by atoms with Crippen molar-refractivity contribution in [2.45, 2.75) is 18.9 Å². The van der Waals surface area contributed by atoms with Crippen molar-refractivity contribution in [3.05, 3.63) is 29.8 Å². The topological polar surface area (TPSA) is 24.5 Å². The molecule has 17 heavy (non-hydrogen) atoms. The van der Waals surface area contributed by atoms with Crippen LogP contribution in [0.2, 0.25) is 0 Å². The second kappa shape index (κ2) is 6.03. The van der Waals surface area contributed by atoms with Crippen molar-refractivity contribution in [2.75, 3.05) is 33.8 Å². The van der Waals surface area contributed by atoms with E-state index in [-0.39, 0.29) is 0 Å². The van der Waals surface area contributed by atoms with Crippen molar-refractivity contribution in [3.8, 4) is 5.75 Å². The molecule has 0 saturated carbocycles. The summed E-state index contributed by atoms with van der Waals surface area (Å²) in [6, 6.07) is 8.73. The van der Waals surface area contributed by atoms with E-state index in [0.29, 0.717) is 6.04 Å². The molecule has 1 aliphatic heterocycles. The van der Waals surface area contributed by atoms with Crippen LogP contribution < -0.4 is 10.1 Å². The van der Waals surface area contributed by atoms with Gasteiger partial charge >= 0.3 is 0 Å². The molecule has 1 aromatic rings. The molecule has 1 fully saturated rings. The van der Waals surface area contributed by atoms with Crippen LogP contribution in [0.25, 0.3) is 0 Å². The van der Waals surface area contributed by atoms with Crippen LogP contribution >= 0.6 is 0 Å². The van der Waals surface area contributed by atoms with E-state index in [1.165, 1.54) is 31.5 Å². The third kappa shape index (κ3) is 3.20. The van der Waals surface area contributed by atoms with Crippen molar-refractivity contribution >= 4 is 0 Å².